The maximum absolute atomic E-state index is 12.3. The number of ether oxygens (including phenoxy) is 2. The van der Waals surface area contributed by atoms with Gasteiger partial charge in [0.1, 0.15) is 0 Å². The Kier molecular flexibility index (Phi) is 4.31. The molecule has 2 aliphatic rings. The van der Waals surface area contributed by atoms with Gasteiger partial charge in [0, 0.05) is 25.6 Å². The van der Waals surface area contributed by atoms with Crippen molar-refractivity contribution in [2.45, 2.75) is 44.9 Å². The molecule has 1 aliphatic carbocycles. The molecule has 0 bridgehead atoms. The van der Waals surface area contributed by atoms with Crippen LogP contribution in [0.5, 0.6) is 11.5 Å². The van der Waals surface area contributed by atoms with E-state index in [2.05, 4.69) is 4.99 Å². The third kappa shape index (κ3) is 3.07. The second kappa shape index (κ2) is 6.59. The maximum Gasteiger partial charge on any atom is 0.248 e. The summed E-state index contributed by atoms with van der Waals surface area (Å²) in [6, 6.07) is 3.92. The van der Waals surface area contributed by atoms with Crippen LogP contribution in [0.3, 0.4) is 0 Å². The predicted molar refractivity (Wildman–Crippen MR) is 93.3 cm³/mol. The summed E-state index contributed by atoms with van der Waals surface area (Å²) in [6.07, 6.45) is 8.07. The normalized spacial score (nSPS) is 18.5. The average molecular weight is 346 g/mol. The van der Waals surface area contributed by atoms with E-state index in [1.807, 2.05) is 23.7 Å². The van der Waals surface area contributed by atoms with Crippen LogP contribution in [0.4, 0.5) is 0 Å². The molecule has 0 atom stereocenters. The van der Waals surface area contributed by atoms with Gasteiger partial charge < -0.3 is 14.0 Å². The molecule has 1 fully saturated rings. The number of aromatic nitrogens is 1. The summed E-state index contributed by atoms with van der Waals surface area (Å²) < 4.78 is 13.9. The average Bonchev–Trinajstić information content (AvgIpc) is 3.17. The van der Waals surface area contributed by atoms with Crippen LogP contribution in [-0.4, -0.2) is 17.3 Å². The molecule has 1 amide bonds. The molecule has 0 radical (unpaired) electrons. The molecule has 0 unspecified atom stereocenters. The Morgan fingerprint density at radius 1 is 1.25 bits per heavy atom. The molecule has 0 N–H and O–H groups in total. The highest BCUT2D eigenvalue weighted by atomic mass is 32.1. The van der Waals surface area contributed by atoms with Crippen LogP contribution >= 0.6 is 11.3 Å². The third-order valence-corrected chi connectivity index (χ3v) is 6.11. The molecule has 5 nitrogen and oxygen atoms in total. The van der Waals surface area contributed by atoms with E-state index in [1.54, 1.807) is 0 Å². The highest BCUT2D eigenvalue weighted by molar-refractivity contribution is 7.16. The van der Waals surface area contributed by atoms with Gasteiger partial charge in [-0.05, 0) is 12.3 Å². The Hall–Kier alpha value is -1.82. The fourth-order valence-corrected chi connectivity index (χ4v) is 4.64. The Morgan fingerprint density at radius 2 is 2.00 bits per heavy atom. The molecule has 2 aromatic rings. The van der Waals surface area contributed by atoms with Crippen molar-refractivity contribution >= 4 is 27.5 Å². The summed E-state index contributed by atoms with van der Waals surface area (Å²) in [5.41, 5.74) is 1.02. The first-order valence-corrected chi connectivity index (χ1v) is 9.49. The van der Waals surface area contributed by atoms with Gasteiger partial charge >= 0.3 is 0 Å². The maximum atomic E-state index is 12.3. The van der Waals surface area contributed by atoms with Crippen LogP contribution in [0.25, 0.3) is 10.2 Å². The number of benzene rings is 1. The molecule has 1 aliphatic heterocycles. The number of aryl methyl sites for hydroxylation is 1. The summed E-state index contributed by atoms with van der Waals surface area (Å²) in [4.78, 5) is 17.3. The lowest BCUT2D eigenvalue weighted by Crippen LogP contribution is -2.14. The number of fused-ring (bicyclic) bond motifs is 2. The first kappa shape index (κ1) is 15.7. The minimum Gasteiger partial charge on any atom is -0.454 e. The zero-order chi connectivity index (χ0) is 16.5. The Labute approximate surface area is 144 Å². The first-order valence-electron chi connectivity index (χ1n) is 8.67. The molecule has 1 saturated carbocycles. The monoisotopic (exact) mass is 346 g/mol. The van der Waals surface area contributed by atoms with Crippen LogP contribution < -0.4 is 14.3 Å². The van der Waals surface area contributed by atoms with Crippen LogP contribution in [-0.2, 0) is 11.8 Å². The SMILES string of the molecule is Cn1c(=NC(=O)CCC2CCCCC2)sc2cc3c(cc21)OCO3. The molecule has 0 spiro atoms. The van der Waals surface area contributed by atoms with Gasteiger partial charge in [0.05, 0.1) is 10.2 Å². The van der Waals surface area contributed by atoms with E-state index in [4.69, 9.17) is 9.47 Å². The van der Waals surface area contributed by atoms with E-state index in [1.165, 1.54) is 43.4 Å². The third-order valence-electron chi connectivity index (χ3n) is 5.02. The van der Waals surface area contributed by atoms with Crippen molar-refractivity contribution in [1.82, 2.24) is 4.57 Å². The van der Waals surface area contributed by atoms with Gasteiger partial charge in [0.2, 0.25) is 12.7 Å². The molecule has 2 heterocycles. The van der Waals surface area contributed by atoms with E-state index in [9.17, 15) is 4.79 Å². The smallest absolute Gasteiger partial charge is 0.248 e. The van der Waals surface area contributed by atoms with Gasteiger partial charge in [-0.3, -0.25) is 4.79 Å². The lowest BCUT2D eigenvalue weighted by molar-refractivity contribution is -0.118. The van der Waals surface area contributed by atoms with Crippen LogP contribution in [0.1, 0.15) is 44.9 Å². The molecule has 128 valence electrons. The van der Waals surface area contributed by atoms with Crippen molar-refractivity contribution in [1.29, 1.82) is 0 Å². The summed E-state index contributed by atoms with van der Waals surface area (Å²) in [6.45, 7) is 0.271. The number of rotatable bonds is 3. The first-order chi connectivity index (χ1) is 11.7. The van der Waals surface area contributed by atoms with Gasteiger partial charge in [-0.2, -0.15) is 4.99 Å². The number of carbonyl (C=O) groups is 1. The van der Waals surface area contributed by atoms with E-state index in [-0.39, 0.29) is 12.7 Å². The summed E-state index contributed by atoms with van der Waals surface area (Å²) in [5.74, 6) is 2.22. The Morgan fingerprint density at radius 3 is 2.79 bits per heavy atom. The quantitative estimate of drug-likeness (QED) is 0.850. The molecule has 24 heavy (non-hydrogen) atoms. The second-order valence-electron chi connectivity index (χ2n) is 6.67. The van der Waals surface area contributed by atoms with Crippen molar-refractivity contribution in [2.24, 2.45) is 18.0 Å². The highest BCUT2D eigenvalue weighted by Crippen LogP contribution is 2.36. The van der Waals surface area contributed by atoms with Crippen molar-refractivity contribution in [3.05, 3.63) is 16.9 Å². The summed E-state index contributed by atoms with van der Waals surface area (Å²) in [5, 5.41) is 0. The number of hydrogen-bond acceptors (Lipinski definition) is 4. The molecule has 1 aromatic heterocycles. The van der Waals surface area contributed by atoms with E-state index >= 15 is 0 Å². The minimum atomic E-state index is -0.0113. The summed E-state index contributed by atoms with van der Waals surface area (Å²) in [7, 11) is 1.94. The number of carbonyl (C=O) groups excluding carboxylic acids is 1. The van der Waals surface area contributed by atoms with Crippen molar-refractivity contribution in [2.75, 3.05) is 6.79 Å². The van der Waals surface area contributed by atoms with E-state index in [0.29, 0.717) is 12.3 Å². The molecular weight excluding hydrogens is 324 g/mol. The van der Waals surface area contributed by atoms with E-state index < -0.39 is 0 Å². The Balaban J connectivity index is 1.53. The Bertz CT molecular complexity index is 831. The lowest BCUT2D eigenvalue weighted by Gasteiger charge is -2.20. The fraction of sp³-hybridized carbons (Fsp3) is 0.556. The van der Waals surface area contributed by atoms with Crippen molar-refractivity contribution in [3.63, 3.8) is 0 Å². The molecular formula is C18H22N2O3S. The largest absolute Gasteiger partial charge is 0.454 e. The minimum absolute atomic E-state index is 0.0113. The van der Waals surface area contributed by atoms with Gasteiger partial charge in [-0.1, -0.05) is 43.4 Å². The van der Waals surface area contributed by atoms with Crippen LogP contribution in [0, 0.1) is 5.92 Å². The number of hydrogen-bond donors (Lipinski definition) is 0. The second-order valence-corrected chi connectivity index (χ2v) is 7.67. The molecule has 6 heteroatoms. The van der Waals surface area contributed by atoms with Crippen LogP contribution in [0.2, 0.25) is 0 Å². The number of amides is 1. The van der Waals surface area contributed by atoms with Crippen molar-refractivity contribution < 1.29 is 14.3 Å². The zero-order valence-electron chi connectivity index (χ0n) is 13.9. The number of thiazole rings is 1. The van der Waals surface area contributed by atoms with Gasteiger partial charge in [0.25, 0.3) is 0 Å². The lowest BCUT2D eigenvalue weighted by atomic mass is 9.86. The van der Waals surface area contributed by atoms with Gasteiger partial charge in [-0.25, -0.2) is 0 Å². The fourth-order valence-electron chi connectivity index (χ4n) is 3.59. The molecule has 4 rings (SSSR count). The molecule has 1 aromatic carbocycles. The van der Waals surface area contributed by atoms with Crippen LogP contribution in [0.15, 0.2) is 17.1 Å². The van der Waals surface area contributed by atoms with E-state index in [0.717, 1.165) is 32.9 Å². The zero-order valence-corrected chi connectivity index (χ0v) is 14.7. The topological polar surface area (TPSA) is 52.8 Å². The van der Waals surface area contributed by atoms with Crippen molar-refractivity contribution in [3.8, 4) is 11.5 Å². The standard InChI is InChI=1S/C18H22N2O3S/c1-20-13-9-14-15(23-11-22-14)10-16(13)24-18(20)19-17(21)8-7-12-5-3-2-4-6-12/h9-10,12H,2-8,11H2,1H3. The number of nitrogens with zero attached hydrogens (tertiary/aromatic N) is 2. The van der Waals surface area contributed by atoms with Gasteiger partial charge in [0.15, 0.2) is 16.3 Å². The highest BCUT2D eigenvalue weighted by Gasteiger charge is 2.17. The molecule has 0 saturated heterocycles. The van der Waals surface area contributed by atoms with Gasteiger partial charge in [-0.15, -0.1) is 0 Å². The summed E-state index contributed by atoms with van der Waals surface area (Å²) >= 11 is 1.52. The predicted octanol–water partition coefficient (Wildman–Crippen LogP) is 3.76.